The van der Waals surface area contributed by atoms with Gasteiger partial charge in [-0.3, -0.25) is 0 Å². The van der Waals surface area contributed by atoms with Gasteiger partial charge in [-0.15, -0.1) is 0 Å². The fourth-order valence-electron chi connectivity index (χ4n) is 2.66. The monoisotopic (exact) mass is 264 g/mol. The Hall–Kier alpha value is -0.300. The van der Waals surface area contributed by atoms with Crippen LogP contribution in [0.4, 0.5) is 0 Å². The van der Waals surface area contributed by atoms with Crippen LogP contribution in [0.1, 0.15) is 40.2 Å². The van der Waals surface area contributed by atoms with Gasteiger partial charge in [0.15, 0.2) is 0 Å². The molecule has 2 aromatic carbocycles. The summed E-state index contributed by atoms with van der Waals surface area (Å²) in [6.45, 7) is 9.21. The van der Waals surface area contributed by atoms with E-state index in [1.54, 1.807) is 5.56 Å². The number of hydrogen-bond donors (Lipinski definition) is 0. The van der Waals surface area contributed by atoms with E-state index in [9.17, 15) is 0 Å². The van der Waals surface area contributed by atoms with Crippen molar-refractivity contribution in [3.63, 3.8) is 0 Å². The van der Waals surface area contributed by atoms with E-state index in [0.717, 1.165) is 5.92 Å². The van der Waals surface area contributed by atoms with Gasteiger partial charge >= 0.3 is 29.6 Å². The van der Waals surface area contributed by atoms with Crippen molar-refractivity contribution in [1.82, 2.24) is 0 Å². The van der Waals surface area contributed by atoms with Crippen molar-refractivity contribution in [2.45, 2.75) is 40.5 Å². The standard InChI is InChI=1S/C18H24.Na.H/c1-13(2)11-16-10-9-15-7-5-6-8-17(15)18(16)12-14(3)4;;/h5-10,13-14H,11-12H2,1-4H3;;/q;+1;-1. The van der Waals surface area contributed by atoms with Gasteiger partial charge in [0.05, 0.1) is 0 Å². The zero-order valence-corrected chi connectivity index (χ0v) is 15.0. The Labute approximate surface area is 141 Å². The Bertz CT molecular complexity index is 532. The van der Waals surface area contributed by atoms with E-state index < -0.39 is 0 Å². The summed E-state index contributed by atoms with van der Waals surface area (Å²) in [6.07, 6.45) is 2.37. The summed E-state index contributed by atoms with van der Waals surface area (Å²) < 4.78 is 0. The van der Waals surface area contributed by atoms with Crippen molar-refractivity contribution >= 4 is 10.8 Å². The van der Waals surface area contributed by atoms with E-state index in [-0.39, 0.29) is 31.0 Å². The van der Waals surface area contributed by atoms with Gasteiger partial charge in [0, 0.05) is 0 Å². The first-order chi connectivity index (χ1) is 8.58. The zero-order chi connectivity index (χ0) is 13.1. The number of fused-ring (bicyclic) bond motifs is 1. The molecule has 0 bridgehead atoms. The maximum Gasteiger partial charge on any atom is 1.00 e. The molecule has 0 unspecified atom stereocenters. The predicted molar refractivity (Wildman–Crippen MR) is 82.1 cm³/mol. The molecule has 0 fully saturated rings. The first-order valence-electron chi connectivity index (χ1n) is 7.07. The molecule has 0 aliphatic heterocycles. The Morgan fingerprint density at radius 3 is 2.11 bits per heavy atom. The molecule has 98 valence electrons. The fraction of sp³-hybridized carbons (Fsp3) is 0.444. The summed E-state index contributed by atoms with van der Waals surface area (Å²) >= 11 is 0. The van der Waals surface area contributed by atoms with Crippen LogP contribution in [0.25, 0.3) is 10.8 Å². The Kier molecular flexibility index (Phi) is 6.59. The Morgan fingerprint density at radius 2 is 1.47 bits per heavy atom. The van der Waals surface area contributed by atoms with E-state index >= 15 is 0 Å². The van der Waals surface area contributed by atoms with Gasteiger partial charge in [0.25, 0.3) is 0 Å². The first kappa shape index (κ1) is 16.8. The number of benzene rings is 2. The molecular weight excluding hydrogens is 239 g/mol. The quantitative estimate of drug-likeness (QED) is 0.744. The smallest absolute Gasteiger partial charge is 1.00 e. The first-order valence-corrected chi connectivity index (χ1v) is 7.07. The molecule has 0 saturated carbocycles. The molecule has 0 heterocycles. The molecule has 0 saturated heterocycles. The fourth-order valence-corrected chi connectivity index (χ4v) is 2.66. The van der Waals surface area contributed by atoms with Gasteiger partial charge in [-0.05, 0) is 46.6 Å². The molecule has 0 nitrogen and oxygen atoms in total. The predicted octanol–water partition coefficient (Wildman–Crippen LogP) is 2.35. The van der Waals surface area contributed by atoms with Gasteiger partial charge in [-0.2, -0.15) is 0 Å². The molecule has 0 N–H and O–H groups in total. The Morgan fingerprint density at radius 1 is 0.842 bits per heavy atom. The van der Waals surface area contributed by atoms with Crippen LogP contribution < -0.4 is 29.6 Å². The van der Waals surface area contributed by atoms with Gasteiger partial charge in [0.1, 0.15) is 0 Å². The van der Waals surface area contributed by atoms with Crippen LogP contribution in [-0.4, -0.2) is 0 Å². The van der Waals surface area contributed by atoms with Crippen molar-refractivity contribution in [1.29, 1.82) is 0 Å². The summed E-state index contributed by atoms with van der Waals surface area (Å²) in [5.41, 5.74) is 3.11. The third-order valence-corrected chi connectivity index (χ3v) is 3.38. The number of hydrogen-bond acceptors (Lipinski definition) is 0. The van der Waals surface area contributed by atoms with E-state index in [2.05, 4.69) is 64.1 Å². The third-order valence-electron chi connectivity index (χ3n) is 3.38. The molecule has 19 heavy (non-hydrogen) atoms. The average Bonchev–Trinajstić information content (AvgIpc) is 2.31. The second-order valence-corrected chi connectivity index (χ2v) is 6.12. The molecule has 0 amide bonds. The summed E-state index contributed by atoms with van der Waals surface area (Å²) in [6, 6.07) is 13.4. The summed E-state index contributed by atoms with van der Waals surface area (Å²) in [7, 11) is 0. The molecule has 0 spiro atoms. The minimum absolute atomic E-state index is 0. The molecule has 0 aliphatic rings. The van der Waals surface area contributed by atoms with Crippen LogP contribution in [-0.2, 0) is 12.8 Å². The van der Waals surface area contributed by atoms with E-state index in [4.69, 9.17) is 0 Å². The van der Waals surface area contributed by atoms with E-state index in [0.29, 0.717) is 5.92 Å². The van der Waals surface area contributed by atoms with Crippen molar-refractivity contribution in [2.75, 3.05) is 0 Å². The summed E-state index contributed by atoms with van der Waals surface area (Å²) in [4.78, 5) is 0. The molecule has 0 radical (unpaired) electrons. The maximum absolute atomic E-state index is 2.33. The van der Waals surface area contributed by atoms with Crippen molar-refractivity contribution in [2.24, 2.45) is 11.8 Å². The van der Waals surface area contributed by atoms with Crippen LogP contribution in [0.5, 0.6) is 0 Å². The van der Waals surface area contributed by atoms with E-state index in [1.807, 2.05) is 0 Å². The second-order valence-electron chi connectivity index (χ2n) is 6.12. The molecule has 2 rings (SSSR count). The SMILES string of the molecule is CC(C)Cc1ccc2ccccc2c1CC(C)C.[H-].[Na+]. The molecule has 0 aromatic heterocycles. The van der Waals surface area contributed by atoms with Crippen LogP contribution >= 0.6 is 0 Å². The summed E-state index contributed by atoms with van der Waals surface area (Å²) in [5.74, 6) is 1.43. The van der Waals surface area contributed by atoms with Crippen molar-refractivity contribution in [3.8, 4) is 0 Å². The van der Waals surface area contributed by atoms with Crippen molar-refractivity contribution in [3.05, 3.63) is 47.5 Å². The van der Waals surface area contributed by atoms with E-state index in [1.165, 1.54) is 29.2 Å². The average molecular weight is 264 g/mol. The van der Waals surface area contributed by atoms with Crippen LogP contribution in [0.2, 0.25) is 0 Å². The normalized spacial score (nSPS) is 11.1. The van der Waals surface area contributed by atoms with Crippen LogP contribution in [0.15, 0.2) is 36.4 Å². The third kappa shape index (κ3) is 4.34. The molecule has 0 aliphatic carbocycles. The minimum atomic E-state index is 0. The second kappa shape index (κ2) is 7.47. The van der Waals surface area contributed by atoms with Gasteiger partial charge in [0.2, 0.25) is 0 Å². The van der Waals surface area contributed by atoms with Crippen LogP contribution in [0.3, 0.4) is 0 Å². The molecule has 2 aromatic rings. The zero-order valence-electron chi connectivity index (χ0n) is 14.0. The largest absolute Gasteiger partial charge is 1.00 e. The molecule has 1 heteroatoms. The summed E-state index contributed by atoms with van der Waals surface area (Å²) in [5, 5.41) is 2.82. The molecular formula is C18H25Na. The van der Waals surface area contributed by atoms with Crippen molar-refractivity contribution < 1.29 is 31.0 Å². The Balaban J connectivity index is 0.00000180. The van der Waals surface area contributed by atoms with Gasteiger partial charge < -0.3 is 1.43 Å². The number of rotatable bonds is 4. The van der Waals surface area contributed by atoms with Crippen LogP contribution in [0, 0.1) is 11.8 Å². The topological polar surface area (TPSA) is 0 Å². The van der Waals surface area contributed by atoms with Gasteiger partial charge in [-0.1, -0.05) is 64.1 Å². The minimum Gasteiger partial charge on any atom is -1.00 e. The molecule has 0 atom stereocenters. The maximum atomic E-state index is 2.33. The van der Waals surface area contributed by atoms with Gasteiger partial charge in [-0.25, -0.2) is 0 Å².